The highest BCUT2D eigenvalue weighted by Crippen LogP contribution is 2.22. The standard InChI is InChI=1S/C13H12BrN5S/c1-9-2-3-11(5-13(9)19-8-16-17-18-19)15-6-12-4-10(14)7-20-12/h2-5,7-8,15H,6H2,1H3. The Kier molecular flexibility index (Phi) is 3.79. The average molecular weight is 350 g/mol. The first-order chi connectivity index (χ1) is 9.72. The lowest BCUT2D eigenvalue weighted by Gasteiger charge is -2.09. The first kappa shape index (κ1) is 13.3. The number of nitrogens with zero attached hydrogens (tertiary/aromatic N) is 4. The smallest absolute Gasteiger partial charge is 0.143 e. The van der Waals surface area contributed by atoms with E-state index in [4.69, 9.17) is 0 Å². The largest absolute Gasteiger partial charge is 0.380 e. The van der Waals surface area contributed by atoms with E-state index in [2.05, 4.69) is 60.4 Å². The summed E-state index contributed by atoms with van der Waals surface area (Å²) in [5.41, 5.74) is 3.15. The highest BCUT2D eigenvalue weighted by Gasteiger charge is 2.05. The maximum Gasteiger partial charge on any atom is 0.143 e. The molecule has 0 saturated heterocycles. The molecule has 1 N–H and O–H groups in total. The lowest BCUT2D eigenvalue weighted by molar-refractivity contribution is 0.785. The van der Waals surface area contributed by atoms with E-state index in [0.29, 0.717) is 0 Å². The van der Waals surface area contributed by atoms with Crippen molar-refractivity contribution in [2.24, 2.45) is 0 Å². The first-order valence-electron chi connectivity index (χ1n) is 6.03. The highest BCUT2D eigenvalue weighted by atomic mass is 79.9. The monoisotopic (exact) mass is 349 g/mol. The molecule has 3 aromatic rings. The summed E-state index contributed by atoms with van der Waals surface area (Å²) < 4.78 is 2.79. The molecule has 7 heteroatoms. The van der Waals surface area contributed by atoms with Crippen molar-refractivity contribution in [2.75, 3.05) is 5.32 Å². The number of hydrogen-bond acceptors (Lipinski definition) is 5. The third-order valence-electron chi connectivity index (χ3n) is 2.89. The fourth-order valence-corrected chi connectivity index (χ4v) is 3.26. The second-order valence-corrected chi connectivity index (χ2v) is 6.25. The Morgan fingerprint density at radius 1 is 1.35 bits per heavy atom. The summed E-state index contributed by atoms with van der Waals surface area (Å²) in [6, 6.07) is 8.29. The van der Waals surface area contributed by atoms with Crippen LogP contribution in [0.5, 0.6) is 0 Å². The molecule has 2 aromatic heterocycles. The molecule has 0 fully saturated rings. The molecule has 0 saturated carbocycles. The van der Waals surface area contributed by atoms with Gasteiger partial charge in [-0.3, -0.25) is 0 Å². The van der Waals surface area contributed by atoms with Crippen molar-refractivity contribution < 1.29 is 0 Å². The van der Waals surface area contributed by atoms with E-state index in [1.807, 2.05) is 13.0 Å². The molecular weight excluding hydrogens is 338 g/mol. The molecule has 2 heterocycles. The van der Waals surface area contributed by atoms with Crippen molar-refractivity contribution in [3.8, 4) is 5.69 Å². The Morgan fingerprint density at radius 2 is 2.25 bits per heavy atom. The molecule has 0 amide bonds. The molecule has 3 rings (SSSR count). The van der Waals surface area contributed by atoms with Crippen LogP contribution in [0.25, 0.3) is 5.69 Å². The van der Waals surface area contributed by atoms with Crippen LogP contribution in [0.15, 0.2) is 40.4 Å². The van der Waals surface area contributed by atoms with E-state index < -0.39 is 0 Å². The second-order valence-electron chi connectivity index (χ2n) is 4.34. The van der Waals surface area contributed by atoms with Gasteiger partial charge in [-0.1, -0.05) is 6.07 Å². The number of tetrazole rings is 1. The van der Waals surface area contributed by atoms with Crippen LogP contribution >= 0.6 is 27.3 Å². The van der Waals surface area contributed by atoms with Gasteiger partial charge >= 0.3 is 0 Å². The molecule has 1 aromatic carbocycles. The molecule has 0 atom stereocenters. The molecule has 0 spiro atoms. The van der Waals surface area contributed by atoms with Gasteiger partial charge in [-0.25, -0.2) is 4.68 Å². The summed E-state index contributed by atoms with van der Waals surface area (Å²) in [5, 5.41) is 16.8. The van der Waals surface area contributed by atoms with E-state index in [1.165, 1.54) is 4.88 Å². The van der Waals surface area contributed by atoms with Crippen LogP contribution in [-0.4, -0.2) is 20.2 Å². The van der Waals surface area contributed by atoms with Crippen LogP contribution < -0.4 is 5.32 Å². The minimum Gasteiger partial charge on any atom is -0.380 e. The fourth-order valence-electron chi connectivity index (χ4n) is 1.87. The maximum absolute atomic E-state index is 3.93. The van der Waals surface area contributed by atoms with E-state index in [1.54, 1.807) is 22.3 Å². The topological polar surface area (TPSA) is 55.6 Å². The number of aryl methyl sites for hydroxylation is 1. The number of hydrogen-bond donors (Lipinski definition) is 1. The number of benzene rings is 1. The van der Waals surface area contributed by atoms with Gasteiger partial charge in [-0.05, 0) is 57.0 Å². The number of aromatic nitrogens is 4. The number of thiophene rings is 1. The van der Waals surface area contributed by atoms with Gasteiger partial charge in [-0.15, -0.1) is 16.4 Å². The zero-order valence-corrected chi connectivity index (χ0v) is 13.1. The lowest BCUT2D eigenvalue weighted by atomic mass is 10.2. The summed E-state index contributed by atoms with van der Waals surface area (Å²) >= 11 is 5.19. The number of anilines is 1. The summed E-state index contributed by atoms with van der Waals surface area (Å²) in [7, 11) is 0. The molecule has 0 unspecified atom stereocenters. The predicted octanol–water partition coefficient (Wildman–Crippen LogP) is 3.41. The quantitative estimate of drug-likeness (QED) is 0.784. The normalized spacial score (nSPS) is 10.7. The highest BCUT2D eigenvalue weighted by molar-refractivity contribution is 9.10. The van der Waals surface area contributed by atoms with Gasteiger partial charge in [0, 0.05) is 27.0 Å². The van der Waals surface area contributed by atoms with Crippen LogP contribution in [-0.2, 0) is 6.54 Å². The second kappa shape index (κ2) is 5.72. The summed E-state index contributed by atoms with van der Waals surface area (Å²) in [6.45, 7) is 2.84. The van der Waals surface area contributed by atoms with E-state index in [9.17, 15) is 0 Å². The zero-order valence-electron chi connectivity index (χ0n) is 10.7. The Morgan fingerprint density at radius 3 is 2.95 bits per heavy atom. The van der Waals surface area contributed by atoms with Gasteiger partial charge in [0.05, 0.1) is 5.69 Å². The zero-order chi connectivity index (χ0) is 13.9. The Balaban J connectivity index is 1.79. The Bertz CT molecular complexity index is 707. The van der Waals surface area contributed by atoms with Gasteiger partial charge in [0.1, 0.15) is 6.33 Å². The van der Waals surface area contributed by atoms with Crippen LogP contribution in [0.3, 0.4) is 0 Å². The van der Waals surface area contributed by atoms with Crippen molar-refractivity contribution in [1.29, 1.82) is 0 Å². The van der Waals surface area contributed by atoms with Gasteiger partial charge in [0.2, 0.25) is 0 Å². The van der Waals surface area contributed by atoms with Gasteiger partial charge in [0.15, 0.2) is 0 Å². The summed E-state index contributed by atoms with van der Waals surface area (Å²) in [4.78, 5) is 1.28. The molecular formula is C13H12BrN5S. The summed E-state index contributed by atoms with van der Waals surface area (Å²) in [5.74, 6) is 0. The third kappa shape index (κ3) is 2.88. The Hall–Kier alpha value is -1.73. The van der Waals surface area contributed by atoms with E-state index >= 15 is 0 Å². The molecule has 5 nitrogen and oxygen atoms in total. The van der Waals surface area contributed by atoms with Gasteiger partial charge in [0.25, 0.3) is 0 Å². The predicted molar refractivity (Wildman–Crippen MR) is 83.2 cm³/mol. The van der Waals surface area contributed by atoms with E-state index in [-0.39, 0.29) is 0 Å². The minimum absolute atomic E-state index is 0.800. The van der Waals surface area contributed by atoms with E-state index in [0.717, 1.165) is 28.0 Å². The number of nitrogens with one attached hydrogen (secondary N) is 1. The third-order valence-corrected chi connectivity index (χ3v) is 4.59. The van der Waals surface area contributed by atoms with Crippen molar-refractivity contribution in [3.63, 3.8) is 0 Å². The fraction of sp³-hybridized carbons (Fsp3) is 0.154. The Labute approximate surface area is 128 Å². The van der Waals surface area contributed by atoms with Gasteiger partial charge in [-0.2, -0.15) is 0 Å². The minimum atomic E-state index is 0.800. The first-order valence-corrected chi connectivity index (χ1v) is 7.70. The summed E-state index contributed by atoms with van der Waals surface area (Å²) in [6.07, 6.45) is 1.60. The van der Waals surface area contributed by atoms with Crippen molar-refractivity contribution in [2.45, 2.75) is 13.5 Å². The maximum atomic E-state index is 3.93. The average Bonchev–Trinajstić information content (AvgIpc) is 3.09. The van der Waals surface area contributed by atoms with Crippen LogP contribution in [0, 0.1) is 6.92 Å². The van der Waals surface area contributed by atoms with Crippen LogP contribution in [0.4, 0.5) is 5.69 Å². The van der Waals surface area contributed by atoms with Crippen molar-refractivity contribution >= 4 is 33.0 Å². The van der Waals surface area contributed by atoms with Crippen molar-refractivity contribution in [3.05, 3.63) is 50.9 Å². The van der Waals surface area contributed by atoms with Crippen LogP contribution in [0.2, 0.25) is 0 Å². The van der Waals surface area contributed by atoms with Crippen molar-refractivity contribution in [1.82, 2.24) is 20.2 Å². The van der Waals surface area contributed by atoms with Gasteiger partial charge < -0.3 is 5.32 Å². The molecule has 0 bridgehead atoms. The molecule has 102 valence electrons. The molecule has 0 aliphatic rings. The molecule has 20 heavy (non-hydrogen) atoms. The number of halogens is 1. The lowest BCUT2D eigenvalue weighted by Crippen LogP contribution is -2.02. The van der Waals surface area contributed by atoms with Crippen LogP contribution in [0.1, 0.15) is 10.4 Å². The number of rotatable bonds is 4. The molecule has 0 aliphatic heterocycles. The molecule has 0 radical (unpaired) electrons. The molecule has 0 aliphatic carbocycles. The SMILES string of the molecule is Cc1ccc(NCc2cc(Br)cs2)cc1-n1cnnn1.